The Balaban J connectivity index is 0. The molecule has 0 radical (unpaired) electrons. The highest BCUT2D eigenvalue weighted by Crippen LogP contribution is 1.90. The van der Waals surface area contributed by atoms with Crippen molar-refractivity contribution in [3.05, 3.63) is 0 Å². The van der Waals surface area contributed by atoms with E-state index in [-0.39, 0.29) is 30.9 Å². The molecule has 4 N–H and O–H groups in total. The third-order valence-corrected chi connectivity index (χ3v) is 1.71. The Morgan fingerprint density at radius 3 is 2.27 bits per heavy atom. The minimum absolute atomic E-state index is 0. The van der Waals surface area contributed by atoms with E-state index < -0.39 is 0 Å². The number of hydrogen-bond acceptors (Lipinski definition) is 3. The molecule has 0 aromatic rings. The first-order chi connectivity index (χ1) is 4.30. The van der Waals surface area contributed by atoms with Crippen LogP contribution >= 0.6 is 24.8 Å². The third-order valence-electron chi connectivity index (χ3n) is 1.71. The minimum Gasteiger partial charge on any atom is -0.326 e. The van der Waals surface area contributed by atoms with E-state index >= 15 is 0 Å². The van der Waals surface area contributed by atoms with Gasteiger partial charge in [0, 0.05) is 31.7 Å². The molecule has 0 spiro atoms. The van der Waals surface area contributed by atoms with E-state index in [0.29, 0.717) is 6.04 Å². The van der Waals surface area contributed by atoms with Gasteiger partial charge in [0.25, 0.3) is 0 Å². The first-order valence-corrected chi connectivity index (χ1v) is 3.50. The van der Waals surface area contributed by atoms with E-state index in [1.165, 1.54) is 0 Å². The molecule has 0 saturated carbocycles. The van der Waals surface area contributed by atoms with Crippen LogP contribution in [0.2, 0.25) is 0 Å². The highest BCUT2D eigenvalue weighted by atomic mass is 35.5. The van der Waals surface area contributed by atoms with Crippen LogP contribution in [0.4, 0.5) is 0 Å². The zero-order valence-electron chi connectivity index (χ0n) is 6.67. The second-order valence-electron chi connectivity index (χ2n) is 2.62. The Labute approximate surface area is 80.3 Å². The molecule has 1 heterocycles. The summed E-state index contributed by atoms with van der Waals surface area (Å²) in [4.78, 5) is 0. The summed E-state index contributed by atoms with van der Waals surface area (Å²) in [7, 11) is 0. The molecule has 70 valence electrons. The van der Waals surface area contributed by atoms with Gasteiger partial charge in [0.1, 0.15) is 0 Å². The predicted octanol–water partition coefficient (Wildman–Crippen LogP) is -0.261. The molecule has 0 aromatic heterocycles. The maximum absolute atomic E-state index is 5.66. The molecule has 2 unspecified atom stereocenters. The lowest BCUT2D eigenvalue weighted by atomic mass is 10.1. The second-order valence-corrected chi connectivity index (χ2v) is 2.62. The Bertz CT molecular complexity index is 83.9. The van der Waals surface area contributed by atoms with Gasteiger partial charge in [-0.05, 0) is 6.92 Å². The SMILES string of the molecule is CC(N)C1CNCCN1.Cl.Cl. The first kappa shape index (κ1) is 14.0. The fourth-order valence-corrected chi connectivity index (χ4v) is 1.05. The molecule has 1 fully saturated rings. The van der Waals surface area contributed by atoms with Crippen molar-refractivity contribution in [1.29, 1.82) is 0 Å². The molecule has 0 bridgehead atoms. The van der Waals surface area contributed by atoms with Crippen molar-refractivity contribution < 1.29 is 0 Å². The van der Waals surface area contributed by atoms with Crippen LogP contribution < -0.4 is 16.4 Å². The van der Waals surface area contributed by atoms with Crippen LogP contribution in [0.1, 0.15) is 6.92 Å². The standard InChI is InChI=1S/C6H15N3.2ClH/c1-5(7)6-4-8-2-3-9-6;;/h5-6,8-9H,2-4,7H2,1H3;2*1H. The molecule has 1 rings (SSSR count). The molecule has 0 aromatic carbocycles. The van der Waals surface area contributed by atoms with Crippen LogP contribution in [-0.4, -0.2) is 31.7 Å². The minimum atomic E-state index is 0. The molecule has 0 amide bonds. The fourth-order valence-electron chi connectivity index (χ4n) is 1.05. The number of nitrogens with one attached hydrogen (secondary N) is 2. The molecule has 0 aliphatic carbocycles. The van der Waals surface area contributed by atoms with E-state index in [4.69, 9.17) is 5.73 Å². The Morgan fingerprint density at radius 2 is 2.00 bits per heavy atom. The van der Waals surface area contributed by atoms with Gasteiger partial charge in [-0.15, -0.1) is 24.8 Å². The molecule has 2 atom stereocenters. The first-order valence-electron chi connectivity index (χ1n) is 3.50. The number of halogens is 2. The van der Waals surface area contributed by atoms with E-state index in [1.807, 2.05) is 6.92 Å². The average Bonchev–Trinajstić information content (AvgIpc) is 1.90. The molecule has 1 aliphatic heterocycles. The van der Waals surface area contributed by atoms with Gasteiger partial charge in [-0.2, -0.15) is 0 Å². The van der Waals surface area contributed by atoms with Crippen molar-refractivity contribution in [2.75, 3.05) is 19.6 Å². The monoisotopic (exact) mass is 201 g/mol. The van der Waals surface area contributed by atoms with Gasteiger partial charge in [0.2, 0.25) is 0 Å². The summed E-state index contributed by atoms with van der Waals surface area (Å²) in [6, 6.07) is 0.733. The summed E-state index contributed by atoms with van der Waals surface area (Å²) < 4.78 is 0. The maximum Gasteiger partial charge on any atom is 0.0342 e. The lowest BCUT2D eigenvalue weighted by molar-refractivity contribution is 0.378. The number of piperazine rings is 1. The molecule has 1 aliphatic rings. The van der Waals surface area contributed by atoms with Gasteiger partial charge in [0.05, 0.1) is 0 Å². The summed E-state index contributed by atoms with van der Waals surface area (Å²) in [6.45, 7) is 5.16. The highest BCUT2D eigenvalue weighted by molar-refractivity contribution is 5.85. The summed E-state index contributed by atoms with van der Waals surface area (Å²) in [6.07, 6.45) is 0. The van der Waals surface area contributed by atoms with Crippen LogP contribution in [0.3, 0.4) is 0 Å². The summed E-state index contributed by atoms with van der Waals surface area (Å²) in [5, 5.41) is 6.60. The van der Waals surface area contributed by atoms with Crippen molar-refractivity contribution in [3.8, 4) is 0 Å². The van der Waals surface area contributed by atoms with E-state index in [2.05, 4.69) is 10.6 Å². The smallest absolute Gasteiger partial charge is 0.0342 e. The quantitative estimate of drug-likeness (QED) is 0.549. The number of rotatable bonds is 1. The van der Waals surface area contributed by atoms with Crippen molar-refractivity contribution >= 4 is 24.8 Å². The van der Waals surface area contributed by atoms with Gasteiger partial charge < -0.3 is 16.4 Å². The summed E-state index contributed by atoms with van der Waals surface area (Å²) in [5.74, 6) is 0. The molecule has 3 nitrogen and oxygen atoms in total. The average molecular weight is 202 g/mol. The van der Waals surface area contributed by atoms with E-state index in [0.717, 1.165) is 19.6 Å². The Morgan fingerprint density at radius 1 is 1.36 bits per heavy atom. The van der Waals surface area contributed by atoms with Crippen LogP contribution in [0.5, 0.6) is 0 Å². The van der Waals surface area contributed by atoms with Crippen LogP contribution in [0.15, 0.2) is 0 Å². The van der Waals surface area contributed by atoms with Crippen LogP contribution in [0, 0.1) is 0 Å². The van der Waals surface area contributed by atoms with Crippen molar-refractivity contribution in [2.24, 2.45) is 5.73 Å². The van der Waals surface area contributed by atoms with Crippen LogP contribution in [-0.2, 0) is 0 Å². The second kappa shape index (κ2) is 7.13. The fraction of sp³-hybridized carbons (Fsp3) is 1.00. The third kappa shape index (κ3) is 4.82. The zero-order valence-corrected chi connectivity index (χ0v) is 8.30. The van der Waals surface area contributed by atoms with E-state index in [9.17, 15) is 0 Å². The molecular weight excluding hydrogens is 185 g/mol. The highest BCUT2D eigenvalue weighted by Gasteiger charge is 2.14. The topological polar surface area (TPSA) is 50.1 Å². The molecule has 1 saturated heterocycles. The van der Waals surface area contributed by atoms with Crippen molar-refractivity contribution in [2.45, 2.75) is 19.0 Å². The number of nitrogens with two attached hydrogens (primary N) is 1. The van der Waals surface area contributed by atoms with Gasteiger partial charge in [-0.3, -0.25) is 0 Å². The predicted molar refractivity (Wildman–Crippen MR) is 52.8 cm³/mol. The summed E-state index contributed by atoms with van der Waals surface area (Å²) >= 11 is 0. The van der Waals surface area contributed by atoms with Crippen molar-refractivity contribution in [1.82, 2.24) is 10.6 Å². The normalized spacial score (nSPS) is 26.2. The van der Waals surface area contributed by atoms with Gasteiger partial charge in [0.15, 0.2) is 0 Å². The maximum atomic E-state index is 5.66. The van der Waals surface area contributed by atoms with Gasteiger partial charge >= 0.3 is 0 Å². The largest absolute Gasteiger partial charge is 0.326 e. The van der Waals surface area contributed by atoms with E-state index in [1.54, 1.807) is 0 Å². The summed E-state index contributed by atoms with van der Waals surface area (Å²) in [5.41, 5.74) is 5.66. The lowest BCUT2D eigenvalue weighted by Crippen LogP contribution is -2.55. The molecule has 11 heavy (non-hydrogen) atoms. The van der Waals surface area contributed by atoms with Crippen LogP contribution in [0.25, 0.3) is 0 Å². The molecule has 5 heteroatoms. The number of hydrogen-bond donors (Lipinski definition) is 3. The Kier molecular flexibility index (Phi) is 9.08. The Hall–Kier alpha value is 0.460. The van der Waals surface area contributed by atoms with Gasteiger partial charge in [-0.1, -0.05) is 0 Å². The molecular formula is C6H17Cl2N3. The zero-order chi connectivity index (χ0) is 6.69. The lowest BCUT2D eigenvalue weighted by Gasteiger charge is -2.27. The van der Waals surface area contributed by atoms with Gasteiger partial charge in [-0.25, -0.2) is 0 Å². The van der Waals surface area contributed by atoms with Crippen molar-refractivity contribution in [3.63, 3.8) is 0 Å².